The summed E-state index contributed by atoms with van der Waals surface area (Å²) in [6.45, 7) is 1.04. The maximum atomic E-state index is 10.8. The number of nitro groups is 1. The summed E-state index contributed by atoms with van der Waals surface area (Å²) in [7, 11) is 0. The van der Waals surface area contributed by atoms with E-state index in [1.165, 1.54) is 18.2 Å². The molecule has 1 aromatic carbocycles. The van der Waals surface area contributed by atoms with Gasteiger partial charge in [-0.2, -0.15) is 17.9 Å². The second-order valence-corrected chi connectivity index (χ2v) is 3.68. The Morgan fingerprint density at radius 2 is 2.17 bits per heavy atom. The predicted octanol–water partition coefficient (Wildman–Crippen LogP) is 1.79. The van der Waals surface area contributed by atoms with Gasteiger partial charge in [-0.15, -0.1) is 0 Å². The monoisotopic (exact) mass is 268 g/mol. The fraction of sp³-hybridized carbons (Fsp3) is 0.364. The van der Waals surface area contributed by atoms with Crippen molar-refractivity contribution < 1.29 is 14.4 Å². The van der Waals surface area contributed by atoms with Crippen LogP contribution in [0.5, 0.6) is 5.75 Å². The number of hydrogen-bond acceptors (Lipinski definition) is 6. The van der Waals surface area contributed by atoms with Crippen molar-refractivity contribution in [2.24, 2.45) is 0 Å². The SMILES string of the molecule is N#Cc1ccc(OCCOCCS)c([N+](=O)[O-])c1. The van der Waals surface area contributed by atoms with Crippen molar-refractivity contribution in [2.75, 3.05) is 25.6 Å². The maximum absolute atomic E-state index is 10.8. The molecular formula is C11H12N2O4S. The Labute approximate surface area is 110 Å². The average Bonchev–Trinajstić information content (AvgIpc) is 2.38. The van der Waals surface area contributed by atoms with Crippen LogP contribution < -0.4 is 4.74 Å². The van der Waals surface area contributed by atoms with E-state index in [9.17, 15) is 10.1 Å². The molecule has 0 radical (unpaired) electrons. The van der Waals surface area contributed by atoms with Gasteiger partial charge in [-0.25, -0.2) is 0 Å². The first-order valence-corrected chi connectivity index (χ1v) is 5.82. The van der Waals surface area contributed by atoms with Crippen LogP contribution in [-0.4, -0.2) is 30.5 Å². The molecule has 1 aromatic rings. The standard InChI is InChI=1S/C11H12N2O4S/c12-8-9-1-2-11(10(7-9)13(14)15)17-4-3-16-5-6-18/h1-2,7,18H,3-6H2. The summed E-state index contributed by atoms with van der Waals surface area (Å²) in [5, 5.41) is 19.5. The zero-order valence-corrected chi connectivity index (χ0v) is 10.4. The molecule has 6 nitrogen and oxygen atoms in total. The van der Waals surface area contributed by atoms with Gasteiger partial charge >= 0.3 is 5.69 Å². The first-order valence-electron chi connectivity index (χ1n) is 5.19. The molecule has 0 spiro atoms. The Balaban J connectivity index is 2.65. The molecule has 0 N–H and O–H groups in total. The molecule has 0 heterocycles. The van der Waals surface area contributed by atoms with Crippen molar-refractivity contribution in [1.82, 2.24) is 0 Å². The highest BCUT2D eigenvalue weighted by molar-refractivity contribution is 7.80. The van der Waals surface area contributed by atoms with E-state index in [1.807, 2.05) is 6.07 Å². The third-order valence-electron chi connectivity index (χ3n) is 2.01. The van der Waals surface area contributed by atoms with Gasteiger partial charge in [-0.3, -0.25) is 10.1 Å². The lowest BCUT2D eigenvalue weighted by atomic mass is 10.2. The number of rotatable bonds is 7. The van der Waals surface area contributed by atoms with Crippen LogP contribution in [0.15, 0.2) is 18.2 Å². The average molecular weight is 268 g/mol. The van der Waals surface area contributed by atoms with Crippen molar-refractivity contribution >= 4 is 18.3 Å². The Morgan fingerprint density at radius 3 is 2.78 bits per heavy atom. The Morgan fingerprint density at radius 1 is 1.39 bits per heavy atom. The smallest absolute Gasteiger partial charge is 0.312 e. The fourth-order valence-corrected chi connectivity index (χ4v) is 1.36. The summed E-state index contributed by atoms with van der Waals surface area (Å²) >= 11 is 3.97. The molecule has 0 saturated heterocycles. The Hall–Kier alpha value is -1.78. The molecule has 0 bridgehead atoms. The number of nitrogens with zero attached hydrogens (tertiary/aromatic N) is 2. The lowest BCUT2D eigenvalue weighted by Crippen LogP contribution is -2.09. The third-order valence-corrected chi connectivity index (χ3v) is 2.19. The van der Waals surface area contributed by atoms with E-state index in [1.54, 1.807) is 0 Å². The minimum absolute atomic E-state index is 0.133. The van der Waals surface area contributed by atoms with Crippen molar-refractivity contribution in [3.63, 3.8) is 0 Å². The number of thiol groups is 1. The highest BCUT2D eigenvalue weighted by Gasteiger charge is 2.15. The van der Waals surface area contributed by atoms with Crippen LogP contribution >= 0.6 is 12.6 Å². The van der Waals surface area contributed by atoms with Gasteiger partial charge in [0.2, 0.25) is 0 Å². The summed E-state index contributed by atoms with van der Waals surface area (Å²) in [6, 6.07) is 5.91. The summed E-state index contributed by atoms with van der Waals surface area (Å²) < 4.78 is 10.4. The molecule has 1 rings (SSSR count). The van der Waals surface area contributed by atoms with Gasteiger partial charge in [-0.1, -0.05) is 0 Å². The van der Waals surface area contributed by atoms with E-state index in [2.05, 4.69) is 12.6 Å². The quantitative estimate of drug-likeness (QED) is 0.352. The van der Waals surface area contributed by atoms with Crippen LogP contribution in [0.1, 0.15) is 5.56 Å². The topological polar surface area (TPSA) is 85.4 Å². The molecule has 0 atom stereocenters. The van der Waals surface area contributed by atoms with Crippen LogP contribution in [0.25, 0.3) is 0 Å². The number of hydrogen-bond donors (Lipinski definition) is 1. The minimum Gasteiger partial charge on any atom is -0.484 e. The summed E-state index contributed by atoms with van der Waals surface area (Å²) in [4.78, 5) is 10.2. The van der Waals surface area contributed by atoms with Gasteiger partial charge in [0.1, 0.15) is 6.61 Å². The van der Waals surface area contributed by atoms with E-state index in [0.717, 1.165) is 0 Å². The second kappa shape index (κ2) is 7.53. The van der Waals surface area contributed by atoms with Gasteiger partial charge in [0.15, 0.2) is 5.75 Å². The van der Waals surface area contributed by atoms with E-state index in [0.29, 0.717) is 19.0 Å². The first-order chi connectivity index (χ1) is 8.69. The third kappa shape index (κ3) is 4.24. The highest BCUT2D eigenvalue weighted by Crippen LogP contribution is 2.27. The van der Waals surface area contributed by atoms with E-state index in [-0.39, 0.29) is 23.6 Å². The lowest BCUT2D eigenvalue weighted by Gasteiger charge is -2.07. The molecule has 0 unspecified atom stereocenters. The number of benzene rings is 1. The van der Waals surface area contributed by atoms with Crippen molar-refractivity contribution in [3.8, 4) is 11.8 Å². The molecule has 96 valence electrons. The van der Waals surface area contributed by atoms with E-state index >= 15 is 0 Å². The number of nitriles is 1. The van der Waals surface area contributed by atoms with Crippen LogP contribution in [0.2, 0.25) is 0 Å². The normalized spacial score (nSPS) is 9.78. The van der Waals surface area contributed by atoms with Gasteiger partial charge in [0, 0.05) is 11.8 Å². The minimum atomic E-state index is -0.579. The first kappa shape index (κ1) is 14.3. The molecule has 0 aliphatic carbocycles. The lowest BCUT2D eigenvalue weighted by molar-refractivity contribution is -0.385. The van der Waals surface area contributed by atoms with Gasteiger partial charge in [-0.05, 0) is 12.1 Å². The Bertz CT molecular complexity index is 459. The highest BCUT2D eigenvalue weighted by atomic mass is 32.1. The van der Waals surface area contributed by atoms with Crippen molar-refractivity contribution in [2.45, 2.75) is 0 Å². The molecule has 0 aliphatic heterocycles. The second-order valence-electron chi connectivity index (χ2n) is 3.24. The van der Waals surface area contributed by atoms with Crippen LogP contribution in [0.4, 0.5) is 5.69 Å². The summed E-state index contributed by atoms with van der Waals surface area (Å²) in [5.41, 5.74) is 0.00335. The van der Waals surface area contributed by atoms with Crippen molar-refractivity contribution in [3.05, 3.63) is 33.9 Å². The van der Waals surface area contributed by atoms with E-state index in [4.69, 9.17) is 14.7 Å². The van der Waals surface area contributed by atoms with Gasteiger partial charge in [0.05, 0.1) is 29.8 Å². The van der Waals surface area contributed by atoms with Crippen LogP contribution in [0.3, 0.4) is 0 Å². The van der Waals surface area contributed by atoms with Gasteiger partial charge in [0.25, 0.3) is 0 Å². The van der Waals surface area contributed by atoms with Crippen molar-refractivity contribution in [1.29, 1.82) is 5.26 Å². The predicted molar refractivity (Wildman–Crippen MR) is 68.0 cm³/mol. The number of nitro benzene ring substituents is 1. The molecule has 0 amide bonds. The molecule has 0 saturated carbocycles. The largest absolute Gasteiger partial charge is 0.484 e. The molecule has 0 fully saturated rings. The van der Waals surface area contributed by atoms with E-state index < -0.39 is 4.92 Å². The summed E-state index contributed by atoms with van der Waals surface area (Å²) in [6.07, 6.45) is 0. The molecule has 18 heavy (non-hydrogen) atoms. The molecule has 0 aromatic heterocycles. The fourth-order valence-electron chi connectivity index (χ4n) is 1.23. The van der Waals surface area contributed by atoms with Crippen LogP contribution in [-0.2, 0) is 4.74 Å². The molecular weight excluding hydrogens is 256 g/mol. The summed E-state index contributed by atoms with van der Waals surface area (Å²) in [5.74, 6) is 0.741. The number of ether oxygens (including phenoxy) is 2. The zero-order valence-electron chi connectivity index (χ0n) is 9.54. The molecule has 0 aliphatic rings. The van der Waals surface area contributed by atoms with Gasteiger partial charge < -0.3 is 9.47 Å². The maximum Gasteiger partial charge on any atom is 0.312 e. The molecule has 7 heteroatoms. The zero-order chi connectivity index (χ0) is 13.4. The Kier molecular flexibility index (Phi) is 5.97. The van der Waals surface area contributed by atoms with Crippen LogP contribution in [0, 0.1) is 21.4 Å².